The predicted molar refractivity (Wildman–Crippen MR) is 75.5 cm³/mol. The number of thiazole rings is 1. The van der Waals surface area contributed by atoms with E-state index >= 15 is 0 Å². The minimum atomic E-state index is -3.92. The molecule has 0 bridgehead atoms. The number of aryl methyl sites for hydroxylation is 1. The zero-order valence-electron chi connectivity index (χ0n) is 11.7. The molecule has 0 aromatic carbocycles. The molecule has 0 saturated carbocycles. The predicted octanol–water partition coefficient (Wildman–Crippen LogP) is 0.913. The van der Waals surface area contributed by atoms with Crippen molar-refractivity contribution in [3.05, 3.63) is 15.4 Å². The van der Waals surface area contributed by atoms with E-state index < -0.39 is 32.3 Å². The summed E-state index contributed by atoms with van der Waals surface area (Å²) in [6, 6.07) is -0.776. The number of aromatic amines is 1. The number of nitrogens with one attached hydrogen (secondary N) is 2. The third-order valence-corrected chi connectivity index (χ3v) is 5.82. The van der Waals surface area contributed by atoms with E-state index in [1.165, 1.54) is 6.92 Å². The van der Waals surface area contributed by atoms with Gasteiger partial charge in [0.05, 0.1) is 6.42 Å². The van der Waals surface area contributed by atoms with Gasteiger partial charge in [-0.05, 0) is 12.3 Å². The average Bonchev–Trinajstić information content (AvgIpc) is 2.55. The van der Waals surface area contributed by atoms with E-state index in [9.17, 15) is 18.0 Å². The number of hydrogen-bond donors (Lipinski definition) is 3. The fourth-order valence-electron chi connectivity index (χ4n) is 1.59. The first-order valence-corrected chi connectivity index (χ1v) is 8.17. The SMILES string of the molecule is Cc1[nH]c(=O)sc1S(=O)(=O)NC(CC(=O)O)C(C)(C)C. The van der Waals surface area contributed by atoms with Gasteiger partial charge < -0.3 is 10.1 Å². The third-order valence-electron chi connectivity index (χ3n) is 2.75. The molecule has 3 N–H and O–H groups in total. The maximum Gasteiger partial charge on any atom is 0.305 e. The second-order valence-electron chi connectivity index (χ2n) is 5.56. The highest BCUT2D eigenvalue weighted by Gasteiger charge is 2.32. The normalized spacial score (nSPS) is 14.2. The second-order valence-corrected chi connectivity index (χ2v) is 8.46. The highest BCUT2D eigenvalue weighted by atomic mass is 32.2. The smallest absolute Gasteiger partial charge is 0.305 e. The topological polar surface area (TPSA) is 116 Å². The molecule has 1 aromatic heterocycles. The molecule has 0 fully saturated rings. The first-order valence-electron chi connectivity index (χ1n) is 5.87. The van der Waals surface area contributed by atoms with Crippen LogP contribution in [0.5, 0.6) is 0 Å². The number of carbonyl (C=O) groups is 1. The summed E-state index contributed by atoms with van der Waals surface area (Å²) in [4.78, 5) is 24.0. The van der Waals surface area contributed by atoms with Crippen LogP contribution in [-0.2, 0) is 14.8 Å². The van der Waals surface area contributed by atoms with Crippen molar-refractivity contribution in [2.24, 2.45) is 5.41 Å². The molecule has 1 rings (SSSR count). The molecule has 0 amide bonds. The number of H-pyrrole nitrogens is 1. The van der Waals surface area contributed by atoms with Crippen LogP contribution in [0.1, 0.15) is 32.9 Å². The lowest BCUT2D eigenvalue weighted by atomic mass is 9.85. The molecule has 20 heavy (non-hydrogen) atoms. The molecule has 1 aromatic rings. The van der Waals surface area contributed by atoms with Crippen molar-refractivity contribution < 1.29 is 18.3 Å². The monoisotopic (exact) mass is 322 g/mol. The van der Waals surface area contributed by atoms with Crippen LogP contribution < -0.4 is 9.60 Å². The Morgan fingerprint density at radius 2 is 2.00 bits per heavy atom. The number of hydrogen-bond acceptors (Lipinski definition) is 5. The fourth-order valence-corrected chi connectivity index (χ4v) is 4.35. The molecule has 1 atom stereocenters. The summed E-state index contributed by atoms with van der Waals surface area (Å²) in [5, 5.41) is 8.88. The van der Waals surface area contributed by atoms with E-state index in [-0.39, 0.29) is 16.3 Å². The summed E-state index contributed by atoms with van der Waals surface area (Å²) in [5.41, 5.74) is -0.323. The Balaban J connectivity index is 3.12. The van der Waals surface area contributed by atoms with Gasteiger partial charge in [-0.15, -0.1) is 0 Å². The average molecular weight is 322 g/mol. The molecule has 0 radical (unpaired) electrons. The zero-order valence-corrected chi connectivity index (χ0v) is 13.3. The molecule has 0 aliphatic heterocycles. The minimum Gasteiger partial charge on any atom is -0.481 e. The van der Waals surface area contributed by atoms with Crippen LogP contribution in [0.3, 0.4) is 0 Å². The van der Waals surface area contributed by atoms with Crippen molar-refractivity contribution in [2.45, 2.75) is 44.4 Å². The van der Waals surface area contributed by atoms with Crippen molar-refractivity contribution in [1.29, 1.82) is 0 Å². The van der Waals surface area contributed by atoms with E-state index in [1.54, 1.807) is 20.8 Å². The van der Waals surface area contributed by atoms with Crippen LogP contribution in [-0.4, -0.2) is 30.5 Å². The van der Waals surface area contributed by atoms with Gasteiger partial charge in [-0.25, -0.2) is 13.1 Å². The van der Waals surface area contributed by atoms with E-state index in [4.69, 9.17) is 5.11 Å². The van der Waals surface area contributed by atoms with Gasteiger partial charge in [-0.2, -0.15) is 0 Å². The number of aromatic nitrogens is 1. The van der Waals surface area contributed by atoms with Gasteiger partial charge >= 0.3 is 10.8 Å². The van der Waals surface area contributed by atoms with Crippen molar-refractivity contribution in [2.75, 3.05) is 0 Å². The largest absolute Gasteiger partial charge is 0.481 e. The number of rotatable bonds is 5. The highest BCUT2D eigenvalue weighted by molar-refractivity contribution is 7.91. The Kier molecular flexibility index (Phi) is 4.78. The Hall–Kier alpha value is -1.19. The quantitative estimate of drug-likeness (QED) is 0.745. The molecule has 1 unspecified atom stereocenters. The molecule has 0 aliphatic carbocycles. The molecule has 114 valence electrons. The van der Waals surface area contributed by atoms with Crippen LogP contribution in [0.2, 0.25) is 0 Å². The minimum absolute atomic E-state index is 0.109. The summed E-state index contributed by atoms with van der Waals surface area (Å²) < 4.78 is 26.8. The maximum atomic E-state index is 12.3. The fraction of sp³-hybridized carbons (Fsp3) is 0.636. The van der Waals surface area contributed by atoms with Gasteiger partial charge in [0, 0.05) is 11.7 Å². The lowest BCUT2D eigenvalue weighted by Gasteiger charge is -2.29. The Labute approximate surface area is 121 Å². The van der Waals surface area contributed by atoms with Crippen LogP contribution in [0, 0.1) is 12.3 Å². The number of aliphatic carboxylic acids is 1. The zero-order chi connectivity index (χ0) is 15.7. The van der Waals surface area contributed by atoms with E-state index in [2.05, 4.69) is 9.71 Å². The van der Waals surface area contributed by atoms with E-state index in [0.29, 0.717) is 11.3 Å². The highest BCUT2D eigenvalue weighted by Crippen LogP contribution is 2.25. The summed E-state index contributed by atoms with van der Waals surface area (Å²) in [6.45, 7) is 6.72. The first kappa shape index (κ1) is 16.9. The summed E-state index contributed by atoms with van der Waals surface area (Å²) in [5.74, 6) is -1.09. The van der Waals surface area contributed by atoms with Crippen LogP contribution in [0.4, 0.5) is 0 Å². The number of sulfonamides is 1. The van der Waals surface area contributed by atoms with Gasteiger partial charge in [0.1, 0.15) is 0 Å². The molecule has 1 heterocycles. The van der Waals surface area contributed by atoms with Crippen LogP contribution >= 0.6 is 11.3 Å². The summed E-state index contributed by atoms with van der Waals surface area (Å²) >= 11 is 0.584. The van der Waals surface area contributed by atoms with Gasteiger partial charge in [0.2, 0.25) is 0 Å². The van der Waals surface area contributed by atoms with Crippen molar-refractivity contribution in [1.82, 2.24) is 9.71 Å². The molecular formula is C11H18N2O5S2. The lowest BCUT2D eigenvalue weighted by Crippen LogP contribution is -2.44. The standard InChI is InChI=1S/C11H18N2O5S2/c1-6-9(19-10(16)12-6)20(17,18)13-7(5-8(14)15)11(2,3)4/h7,13H,5H2,1-4H3,(H,12,16)(H,14,15). The third kappa shape index (κ3) is 4.15. The summed E-state index contributed by atoms with van der Waals surface area (Å²) in [6.07, 6.45) is -0.332. The summed E-state index contributed by atoms with van der Waals surface area (Å²) in [7, 11) is -3.92. The van der Waals surface area contributed by atoms with Gasteiger partial charge in [0.25, 0.3) is 10.0 Å². The maximum absolute atomic E-state index is 12.3. The molecule has 7 nitrogen and oxygen atoms in total. The van der Waals surface area contributed by atoms with Gasteiger partial charge in [-0.1, -0.05) is 32.1 Å². The lowest BCUT2D eigenvalue weighted by molar-refractivity contribution is -0.138. The molecule has 0 saturated heterocycles. The van der Waals surface area contributed by atoms with Crippen LogP contribution in [0.15, 0.2) is 9.00 Å². The Morgan fingerprint density at radius 3 is 2.35 bits per heavy atom. The first-order chi connectivity index (χ1) is 8.93. The molecular weight excluding hydrogens is 304 g/mol. The Bertz CT molecular complexity index is 651. The van der Waals surface area contributed by atoms with Gasteiger partial charge in [-0.3, -0.25) is 9.59 Å². The van der Waals surface area contributed by atoms with Crippen LogP contribution in [0.25, 0.3) is 0 Å². The molecule has 0 aliphatic rings. The van der Waals surface area contributed by atoms with Gasteiger partial charge in [0.15, 0.2) is 4.21 Å². The van der Waals surface area contributed by atoms with E-state index in [0.717, 1.165) is 0 Å². The number of carboxylic acids is 1. The molecule has 9 heteroatoms. The number of carboxylic acid groups (broad SMARTS) is 1. The van der Waals surface area contributed by atoms with E-state index in [1.807, 2.05) is 0 Å². The Morgan fingerprint density at radius 1 is 1.45 bits per heavy atom. The van der Waals surface area contributed by atoms with Crippen molar-refractivity contribution >= 4 is 27.3 Å². The second kappa shape index (κ2) is 5.66. The van der Waals surface area contributed by atoms with Crippen molar-refractivity contribution in [3.63, 3.8) is 0 Å². The van der Waals surface area contributed by atoms with Crippen molar-refractivity contribution in [3.8, 4) is 0 Å². The molecule has 0 spiro atoms.